The summed E-state index contributed by atoms with van der Waals surface area (Å²) in [5.74, 6) is -0.453. The van der Waals surface area contributed by atoms with Gasteiger partial charge in [0.1, 0.15) is 17.2 Å². The van der Waals surface area contributed by atoms with Gasteiger partial charge in [0.2, 0.25) is 0 Å². The van der Waals surface area contributed by atoms with E-state index in [4.69, 9.17) is 0 Å². The Bertz CT molecular complexity index is 1020. The summed E-state index contributed by atoms with van der Waals surface area (Å²) in [6.07, 6.45) is 2.90. The van der Waals surface area contributed by atoms with Gasteiger partial charge in [-0.3, -0.25) is 10.1 Å². The average Bonchev–Trinajstić information content (AvgIpc) is 2.94. The van der Waals surface area contributed by atoms with Crippen LogP contribution in [0.4, 0.5) is 0 Å². The van der Waals surface area contributed by atoms with Gasteiger partial charge in [0.15, 0.2) is 5.17 Å². The Balaban J connectivity index is 1.78. The van der Waals surface area contributed by atoms with Crippen LogP contribution in [-0.2, 0) is 4.79 Å². The summed E-state index contributed by atoms with van der Waals surface area (Å²) in [4.78, 5) is 12.4. The third-order valence-corrected chi connectivity index (χ3v) is 5.70. The highest BCUT2D eigenvalue weighted by atomic mass is 127. The van der Waals surface area contributed by atoms with Crippen LogP contribution < -0.4 is 5.32 Å². The number of amidine groups is 1. The third-order valence-electron chi connectivity index (χ3n) is 3.35. The summed E-state index contributed by atoms with van der Waals surface area (Å²) in [5, 5.41) is 39.9. The number of aromatic hydroxyl groups is 3. The molecule has 10 heteroatoms. The first-order valence-corrected chi connectivity index (χ1v) is 10.3. The molecule has 1 amide bonds. The van der Waals surface area contributed by atoms with Gasteiger partial charge in [-0.25, -0.2) is 0 Å². The molecule has 0 unspecified atom stereocenters. The van der Waals surface area contributed by atoms with Gasteiger partial charge in [-0.2, -0.15) is 5.10 Å². The van der Waals surface area contributed by atoms with E-state index in [2.05, 4.69) is 38.1 Å². The van der Waals surface area contributed by atoms with Crippen molar-refractivity contribution in [1.29, 1.82) is 0 Å². The Labute approximate surface area is 185 Å². The van der Waals surface area contributed by atoms with E-state index in [9.17, 15) is 20.1 Å². The van der Waals surface area contributed by atoms with Crippen molar-refractivity contribution in [3.8, 4) is 17.2 Å². The predicted octanol–water partition coefficient (Wildman–Crippen LogP) is 3.61. The minimum atomic E-state index is -0.368. The number of carbonyl (C=O) groups is 1. The smallest absolute Gasteiger partial charge is 0.264 e. The SMILES string of the molecule is O=C1NC(=NN=Cc2cc(I)cc(I)c2O)SC1=Cc1ccc(O)cc1O. The van der Waals surface area contributed by atoms with Crippen LogP contribution in [0.3, 0.4) is 0 Å². The van der Waals surface area contributed by atoms with E-state index in [-0.39, 0.29) is 28.3 Å². The number of hydrogen-bond acceptors (Lipinski definition) is 7. The van der Waals surface area contributed by atoms with Crippen molar-refractivity contribution in [2.45, 2.75) is 0 Å². The standard InChI is InChI=1S/C17H11I2N3O4S/c18-10-3-9(15(25)12(19)5-10)7-20-22-17-21-16(26)14(27-17)4-8-1-2-11(23)6-13(8)24/h1-7,23-25H,(H,21,22,26). The first-order valence-electron chi connectivity index (χ1n) is 7.35. The van der Waals surface area contributed by atoms with Crippen molar-refractivity contribution in [3.05, 3.63) is 53.5 Å². The second-order valence-corrected chi connectivity index (χ2v) is 8.72. The van der Waals surface area contributed by atoms with Crippen LogP contribution in [0.15, 0.2) is 45.4 Å². The molecule has 1 aliphatic heterocycles. The molecular weight excluding hydrogens is 596 g/mol. The van der Waals surface area contributed by atoms with Gasteiger partial charge in [0, 0.05) is 20.8 Å². The zero-order valence-corrected chi connectivity index (χ0v) is 18.5. The lowest BCUT2D eigenvalue weighted by atomic mass is 10.2. The molecule has 138 valence electrons. The molecule has 0 radical (unpaired) electrons. The van der Waals surface area contributed by atoms with Crippen LogP contribution in [0.5, 0.6) is 17.2 Å². The fourth-order valence-electron chi connectivity index (χ4n) is 2.10. The third kappa shape index (κ3) is 4.93. The van der Waals surface area contributed by atoms with Gasteiger partial charge in [0.25, 0.3) is 5.91 Å². The Morgan fingerprint density at radius 2 is 1.85 bits per heavy atom. The monoisotopic (exact) mass is 607 g/mol. The zero-order valence-electron chi connectivity index (χ0n) is 13.3. The number of phenols is 3. The summed E-state index contributed by atoms with van der Waals surface area (Å²) in [5.41, 5.74) is 0.920. The summed E-state index contributed by atoms with van der Waals surface area (Å²) in [6.45, 7) is 0. The van der Waals surface area contributed by atoms with E-state index in [1.807, 2.05) is 28.7 Å². The molecular formula is C17H11I2N3O4S. The lowest BCUT2D eigenvalue weighted by Crippen LogP contribution is -2.19. The van der Waals surface area contributed by atoms with Crippen LogP contribution in [0, 0.1) is 7.14 Å². The van der Waals surface area contributed by atoms with E-state index >= 15 is 0 Å². The van der Waals surface area contributed by atoms with Crippen molar-refractivity contribution in [2.75, 3.05) is 0 Å². The lowest BCUT2D eigenvalue weighted by molar-refractivity contribution is -0.115. The van der Waals surface area contributed by atoms with Crippen molar-refractivity contribution >= 4 is 80.3 Å². The molecule has 2 aromatic carbocycles. The van der Waals surface area contributed by atoms with Crippen LogP contribution in [0.1, 0.15) is 11.1 Å². The molecule has 1 fully saturated rings. The maximum atomic E-state index is 12.0. The molecule has 0 bridgehead atoms. The Hall–Kier alpha value is -1.80. The lowest BCUT2D eigenvalue weighted by Gasteiger charge is -2.01. The molecule has 27 heavy (non-hydrogen) atoms. The zero-order chi connectivity index (χ0) is 19.6. The number of hydrogen-bond donors (Lipinski definition) is 4. The molecule has 2 aromatic rings. The van der Waals surface area contributed by atoms with Crippen LogP contribution in [0.25, 0.3) is 6.08 Å². The Morgan fingerprint density at radius 1 is 1.07 bits per heavy atom. The maximum Gasteiger partial charge on any atom is 0.264 e. The molecule has 7 nitrogen and oxygen atoms in total. The first kappa shape index (κ1) is 19.9. The van der Waals surface area contributed by atoms with Crippen molar-refractivity contribution in [3.63, 3.8) is 0 Å². The second-order valence-electron chi connectivity index (χ2n) is 5.28. The maximum absolute atomic E-state index is 12.0. The molecule has 1 aliphatic rings. The number of carbonyl (C=O) groups excluding carboxylic acids is 1. The minimum Gasteiger partial charge on any atom is -0.508 e. The van der Waals surface area contributed by atoms with E-state index in [1.54, 1.807) is 6.07 Å². The van der Waals surface area contributed by atoms with Crippen molar-refractivity contribution in [1.82, 2.24) is 5.32 Å². The van der Waals surface area contributed by atoms with E-state index in [0.717, 1.165) is 15.3 Å². The molecule has 0 saturated carbocycles. The molecule has 0 atom stereocenters. The fourth-order valence-corrected chi connectivity index (χ4v) is 4.76. The highest BCUT2D eigenvalue weighted by Crippen LogP contribution is 2.30. The van der Waals surface area contributed by atoms with Gasteiger partial charge in [0.05, 0.1) is 14.7 Å². The van der Waals surface area contributed by atoms with Crippen LogP contribution in [-0.4, -0.2) is 32.6 Å². The number of nitrogens with zero attached hydrogens (tertiary/aromatic N) is 2. The number of amides is 1. The van der Waals surface area contributed by atoms with Crippen molar-refractivity contribution in [2.24, 2.45) is 10.2 Å². The number of nitrogens with one attached hydrogen (secondary N) is 1. The van der Waals surface area contributed by atoms with Gasteiger partial charge in [-0.15, -0.1) is 5.10 Å². The summed E-state index contributed by atoms with van der Waals surface area (Å²) >= 11 is 5.24. The molecule has 1 heterocycles. The average molecular weight is 607 g/mol. The number of thioether (sulfide) groups is 1. The minimum absolute atomic E-state index is 0.0664. The van der Waals surface area contributed by atoms with E-state index < -0.39 is 0 Å². The number of phenolic OH excluding ortho intramolecular Hbond substituents is 3. The molecule has 0 aliphatic carbocycles. The number of benzene rings is 2. The molecule has 1 saturated heterocycles. The first-order chi connectivity index (χ1) is 12.8. The molecule has 0 aromatic heterocycles. The van der Waals surface area contributed by atoms with Crippen LogP contribution in [0.2, 0.25) is 0 Å². The highest BCUT2D eigenvalue weighted by Gasteiger charge is 2.24. The van der Waals surface area contributed by atoms with E-state index in [1.165, 1.54) is 30.5 Å². The predicted molar refractivity (Wildman–Crippen MR) is 122 cm³/mol. The summed E-state index contributed by atoms with van der Waals surface area (Å²) < 4.78 is 1.66. The molecule has 3 rings (SSSR count). The molecule has 4 N–H and O–H groups in total. The fraction of sp³-hybridized carbons (Fsp3) is 0. The Morgan fingerprint density at radius 3 is 2.59 bits per heavy atom. The van der Waals surface area contributed by atoms with Gasteiger partial charge in [-0.05, 0) is 87.3 Å². The van der Waals surface area contributed by atoms with E-state index in [0.29, 0.717) is 19.6 Å². The normalized spacial score (nSPS) is 17.2. The van der Waals surface area contributed by atoms with Gasteiger partial charge in [-0.1, -0.05) is 0 Å². The second kappa shape index (κ2) is 8.48. The summed E-state index contributed by atoms with van der Waals surface area (Å²) in [7, 11) is 0. The number of rotatable bonds is 3. The summed E-state index contributed by atoms with van der Waals surface area (Å²) in [6, 6.07) is 7.71. The number of halogens is 2. The topological polar surface area (TPSA) is 115 Å². The largest absolute Gasteiger partial charge is 0.508 e. The highest BCUT2D eigenvalue weighted by molar-refractivity contribution is 14.1. The van der Waals surface area contributed by atoms with Gasteiger partial charge >= 0.3 is 0 Å². The molecule has 0 spiro atoms. The van der Waals surface area contributed by atoms with Crippen molar-refractivity contribution < 1.29 is 20.1 Å². The van der Waals surface area contributed by atoms with Gasteiger partial charge < -0.3 is 15.3 Å². The quantitative estimate of drug-likeness (QED) is 0.185. The Kier molecular flexibility index (Phi) is 6.26. The van der Waals surface area contributed by atoms with Crippen LogP contribution >= 0.6 is 56.9 Å².